The summed E-state index contributed by atoms with van der Waals surface area (Å²) in [7, 11) is -6.48. The van der Waals surface area contributed by atoms with E-state index in [2.05, 4.69) is 60.5 Å². The number of hydrogen-bond acceptors (Lipinski definition) is 8. The number of rotatable bonds is 19. The first kappa shape index (κ1) is 38.5. The number of nitrogens with one attached hydrogen (secondary N) is 1. The number of benzene rings is 2. The molecule has 1 amide bonds. The second kappa shape index (κ2) is 17.3. The van der Waals surface area contributed by atoms with Gasteiger partial charge in [-0.2, -0.15) is 0 Å². The quantitative estimate of drug-likeness (QED) is 0.100. The van der Waals surface area contributed by atoms with Crippen LogP contribution < -0.4 is 19.1 Å². The predicted molar refractivity (Wildman–Crippen MR) is 185 cm³/mol. The second-order valence-electron chi connectivity index (χ2n) is 12.9. The monoisotopic (exact) mass is 752 g/mol. The van der Waals surface area contributed by atoms with Crippen molar-refractivity contribution in [3.63, 3.8) is 0 Å². The summed E-state index contributed by atoms with van der Waals surface area (Å²) >= 11 is 9.36. The number of carbonyl (C=O) groups excluding carboxylic acids is 1. The Balaban J connectivity index is 2.16. The van der Waals surface area contributed by atoms with Gasteiger partial charge in [-0.15, -0.1) is 0 Å². The summed E-state index contributed by atoms with van der Waals surface area (Å²) in [6.45, 7) is 13.7. The van der Waals surface area contributed by atoms with E-state index in [9.17, 15) is 18.3 Å². The first-order valence-electron chi connectivity index (χ1n) is 14.3. The van der Waals surface area contributed by atoms with Crippen molar-refractivity contribution >= 4 is 65.3 Å². The van der Waals surface area contributed by atoms with E-state index in [0.717, 1.165) is 22.6 Å². The van der Waals surface area contributed by atoms with E-state index in [1.54, 1.807) is 30.3 Å². The minimum Gasteiger partial charge on any atom is -0.484 e. The van der Waals surface area contributed by atoms with Gasteiger partial charge in [0.05, 0.1) is 23.1 Å². The third kappa shape index (κ3) is 14.6. The molecule has 0 unspecified atom stereocenters. The Morgan fingerprint density at radius 3 is 2.23 bits per heavy atom. The van der Waals surface area contributed by atoms with E-state index in [-0.39, 0.29) is 38.1 Å². The number of anilines is 1. The number of amides is 1. The normalized spacial score (nSPS) is 13.0. The third-order valence-corrected chi connectivity index (χ3v) is 12.0. The highest BCUT2D eigenvalue weighted by Gasteiger charge is 2.24. The minimum absolute atomic E-state index is 0.0624. The molecule has 2 aromatic rings. The SMILES string of the molecule is C[Si](C)(C)CCOCOc1ccc([C@H](O)CNC(=O)COc2ccc(Br)c(Cl)c2)cc1N(COCC[Si](C)(C)C)S(C)(=O)=O. The van der Waals surface area contributed by atoms with Crippen LogP contribution in [0.1, 0.15) is 11.7 Å². The van der Waals surface area contributed by atoms with Crippen molar-refractivity contribution in [3.05, 3.63) is 51.5 Å². The Morgan fingerprint density at radius 2 is 1.64 bits per heavy atom. The molecule has 2 aromatic carbocycles. The van der Waals surface area contributed by atoms with Crippen LogP contribution in [0.15, 0.2) is 40.9 Å². The lowest BCUT2D eigenvalue weighted by Crippen LogP contribution is -2.34. The summed E-state index contributed by atoms with van der Waals surface area (Å²) in [6.07, 6.45) is -0.0542. The van der Waals surface area contributed by atoms with Crippen molar-refractivity contribution < 1.29 is 37.3 Å². The molecule has 0 aliphatic rings. The zero-order chi connectivity index (χ0) is 33.1. The molecule has 15 heteroatoms. The third-order valence-electron chi connectivity index (χ3n) is 6.29. The Labute approximate surface area is 277 Å². The minimum atomic E-state index is -3.79. The van der Waals surface area contributed by atoms with Gasteiger partial charge in [0.1, 0.15) is 18.2 Å². The molecular weight excluding hydrogens is 708 g/mol. The van der Waals surface area contributed by atoms with Crippen LogP contribution in [0.4, 0.5) is 5.69 Å². The molecule has 44 heavy (non-hydrogen) atoms. The molecule has 0 saturated heterocycles. The molecule has 0 radical (unpaired) electrons. The van der Waals surface area contributed by atoms with Gasteiger partial charge in [0.25, 0.3) is 5.91 Å². The molecule has 0 heterocycles. The second-order valence-corrected chi connectivity index (χ2v) is 27.3. The largest absolute Gasteiger partial charge is 0.484 e. The van der Waals surface area contributed by atoms with Crippen LogP contribution >= 0.6 is 27.5 Å². The maximum absolute atomic E-state index is 12.9. The molecule has 0 bridgehead atoms. The molecule has 2 rings (SSSR count). The van der Waals surface area contributed by atoms with Gasteiger partial charge in [-0.3, -0.25) is 4.79 Å². The fraction of sp³-hybridized carbons (Fsp3) is 0.552. The van der Waals surface area contributed by atoms with Crippen molar-refractivity contribution in [2.45, 2.75) is 57.5 Å². The Kier molecular flexibility index (Phi) is 15.2. The number of sulfonamides is 1. The number of aliphatic hydroxyl groups excluding tert-OH is 1. The highest BCUT2D eigenvalue weighted by Crippen LogP contribution is 2.33. The molecule has 0 aromatic heterocycles. The fourth-order valence-electron chi connectivity index (χ4n) is 3.57. The molecule has 248 valence electrons. The first-order chi connectivity index (χ1) is 20.4. The Morgan fingerprint density at radius 1 is 1.00 bits per heavy atom. The highest BCUT2D eigenvalue weighted by molar-refractivity contribution is 9.10. The zero-order valence-electron chi connectivity index (χ0n) is 26.6. The molecule has 2 N–H and O–H groups in total. The molecule has 0 spiro atoms. The molecule has 1 atom stereocenters. The van der Waals surface area contributed by atoms with Crippen LogP contribution in [0.2, 0.25) is 56.4 Å². The van der Waals surface area contributed by atoms with E-state index in [4.69, 9.17) is 30.5 Å². The van der Waals surface area contributed by atoms with E-state index in [1.807, 2.05) is 0 Å². The van der Waals surface area contributed by atoms with Gasteiger partial charge in [0.15, 0.2) is 13.4 Å². The maximum Gasteiger partial charge on any atom is 0.258 e. The standard InChI is InChI=1S/C29H46BrClN2O8SSi2/c1-42(36,37)33(20-38-12-14-43(2,3)4)26-16-22(8-11-28(26)41-21-39-13-15-44(5,6)7)27(34)18-32-29(35)19-40-23-9-10-24(30)25(31)17-23/h8-11,16-17,27,34H,12-15,18-21H2,1-7H3,(H,32,35)/t27-/m1/s1. The summed E-state index contributed by atoms with van der Waals surface area (Å²) in [5, 5.41) is 14.0. The van der Waals surface area contributed by atoms with Crippen molar-refractivity contribution in [1.29, 1.82) is 0 Å². The van der Waals surface area contributed by atoms with Gasteiger partial charge < -0.3 is 29.4 Å². The number of halogens is 2. The summed E-state index contributed by atoms with van der Waals surface area (Å²) in [5.74, 6) is 0.234. The average Bonchev–Trinajstić information content (AvgIpc) is 2.90. The van der Waals surface area contributed by atoms with Crippen LogP contribution in [-0.2, 0) is 24.3 Å². The molecule has 0 saturated carbocycles. The van der Waals surface area contributed by atoms with Gasteiger partial charge in [0, 0.05) is 40.4 Å². The number of ether oxygens (including phenoxy) is 4. The Hall–Kier alpha value is -1.66. The topological polar surface area (TPSA) is 124 Å². The average molecular weight is 754 g/mol. The Bertz CT molecular complexity index is 1340. The number of hydrogen-bond donors (Lipinski definition) is 2. The molecule has 0 aliphatic heterocycles. The lowest BCUT2D eigenvalue weighted by Gasteiger charge is -2.26. The van der Waals surface area contributed by atoms with Crippen molar-refractivity contribution in [2.24, 2.45) is 0 Å². The number of aliphatic hydroxyl groups is 1. The van der Waals surface area contributed by atoms with Crippen molar-refractivity contribution in [1.82, 2.24) is 5.32 Å². The summed E-state index contributed by atoms with van der Waals surface area (Å²) in [4.78, 5) is 12.4. The van der Waals surface area contributed by atoms with Crippen LogP contribution in [-0.4, -0.2) is 81.7 Å². The fourth-order valence-corrected chi connectivity index (χ4v) is 6.26. The maximum atomic E-state index is 12.9. The lowest BCUT2D eigenvalue weighted by atomic mass is 10.1. The van der Waals surface area contributed by atoms with Crippen molar-refractivity contribution in [2.75, 3.05) is 50.5 Å². The predicted octanol–water partition coefficient (Wildman–Crippen LogP) is 6.10. The highest BCUT2D eigenvalue weighted by atomic mass is 79.9. The van der Waals surface area contributed by atoms with Gasteiger partial charge >= 0.3 is 0 Å². The van der Waals surface area contributed by atoms with E-state index >= 15 is 0 Å². The smallest absolute Gasteiger partial charge is 0.258 e. The summed E-state index contributed by atoms with van der Waals surface area (Å²) in [5.41, 5.74) is 0.580. The van der Waals surface area contributed by atoms with E-state index in [1.165, 1.54) is 6.07 Å². The molecule has 0 aliphatic carbocycles. The van der Waals surface area contributed by atoms with Crippen LogP contribution in [0.5, 0.6) is 11.5 Å². The van der Waals surface area contributed by atoms with Gasteiger partial charge in [-0.25, -0.2) is 12.7 Å². The van der Waals surface area contributed by atoms with E-state index < -0.39 is 38.2 Å². The first-order valence-corrected chi connectivity index (χ1v) is 24.7. The van der Waals surface area contributed by atoms with Gasteiger partial charge in [-0.05, 0) is 63.9 Å². The van der Waals surface area contributed by atoms with Gasteiger partial charge in [-0.1, -0.05) is 56.9 Å². The van der Waals surface area contributed by atoms with Crippen LogP contribution in [0, 0.1) is 0 Å². The number of carbonyl (C=O) groups is 1. The van der Waals surface area contributed by atoms with E-state index in [0.29, 0.717) is 34.0 Å². The zero-order valence-corrected chi connectivity index (χ0v) is 31.8. The lowest BCUT2D eigenvalue weighted by molar-refractivity contribution is -0.123. The molecule has 10 nitrogen and oxygen atoms in total. The molecular formula is C29H46BrClN2O8SSi2. The van der Waals surface area contributed by atoms with Crippen LogP contribution in [0.3, 0.4) is 0 Å². The molecule has 0 fully saturated rings. The summed E-state index contributed by atoms with van der Waals surface area (Å²) < 4.78 is 50.5. The number of nitrogens with zero attached hydrogens (tertiary/aromatic N) is 1. The van der Waals surface area contributed by atoms with Crippen molar-refractivity contribution in [3.8, 4) is 11.5 Å². The van der Waals surface area contributed by atoms with Crippen LogP contribution in [0.25, 0.3) is 0 Å². The summed E-state index contributed by atoms with van der Waals surface area (Å²) in [6, 6.07) is 11.5. The van der Waals surface area contributed by atoms with Gasteiger partial charge in [0.2, 0.25) is 10.0 Å².